The maximum Gasteiger partial charge on any atom is 0.225 e. The number of likely N-dealkylation sites (tertiary alicyclic amines) is 1. The number of carbonyl (C=O) groups excluding carboxylic acids is 3. The minimum atomic E-state index is -0.530. The molecular weight excluding hydrogens is 802 g/mol. The largest absolute Gasteiger partial charge is 0.461 e. The predicted molar refractivity (Wildman–Crippen MR) is 260 cm³/mol. The number of hydrogen-bond acceptors (Lipinski definition) is 5. The first-order valence-corrected chi connectivity index (χ1v) is 24.0. The Hall–Kier alpha value is -3.36. The lowest BCUT2D eigenvalue weighted by molar-refractivity contribution is -0.135. The number of Topliss-reactive ketones (excluding diaryl/α,β-unsaturated/α-hetero) is 2. The van der Waals surface area contributed by atoms with Gasteiger partial charge in [0, 0.05) is 61.4 Å². The number of aryl methyl sites for hydroxylation is 1. The third kappa shape index (κ3) is 27.6. The molecule has 0 N–H and O–H groups in total. The van der Waals surface area contributed by atoms with Gasteiger partial charge in [-0.1, -0.05) is 130 Å². The molecule has 2 heterocycles. The zero-order valence-electron chi connectivity index (χ0n) is 41.4. The van der Waals surface area contributed by atoms with Crippen molar-refractivity contribution >= 4 is 29.1 Å². The van der Waals surface area contributed by atoms with Gasteiger partial charge >= 0.3 is 0 Å². The van der Waals surface area contributed by atoms with Gasteiger partial charge in [0.15, 0.2) is 11.5 Å². The van der Waals surface area contributed by atoms with Crippen molar-refractivity contribution in [3.8, 4) is 0 Å². The molecule has 9 heteroatoms. The SMILES string of the molecule is CC.CC(=O)c1ccco1.CCCC(=O)C1CCN(C(C)(C)C)C1.CCCCCCN(CCC)C(=O)C(C)CC(CC)C(C)CC.Cc1ccc(F)cc1F.Clc1ccccc1. The van der Waals surface area contributed by atoms with Crippen molar-refractivity contribution in [2.45, 2.75) is 173 Å². The molecule has 1 fully saturated rings. The van der Waals surface area contributed by atoms with Crippen LogP contribution in [0.15, 0.2) is 71.3 Å². The van der Waals surface area contributed by atoms with Crippen LogP contribution in [0.3, 0.4) is 0 Å². The van der Waals surface area contributed by atoms with Gasteiger partial charge in [-0.15, -0.1) is 0 Å². The lowest BCUT2D eigenvalue weighted by Crippen LogP contribution is -2.39. The number of nitrogens with zero attached hydrogens (tertiary/aromatic N) is 2. The molecule has 62 heavy (non-hydrogen) atoms. The first-order valence-electron chi connectivity index (χ1n) is 23.6. The fourth-order valence-electron chi connectivity index (χ4n) is 6.88. The smallest absolute Gasteiger partial charge is 0.225 e. The van der Waals surface area contributed by atoms with Crippen molar-refractivity contribution in [1.29, 1.82) is 0 Å². The lowest BCUT2D eigenvalue weighted by atomic mass is 9.82. The quantitative estimate of drug-likeness (QED) is 0.0997. The Balaban J connectivity index is 0. The Kier molecular flexibility index (Phi) is 35.3. The van der Waals surface area contributed by atoms with E-state index in [0.717, 1.165) is 81.7 Å². The highest BCUT2D eigenvalue weighted by molar-refractivity contribution is 6.30. The normalized spacial score (nSPS) is 14.6. The summed E-state index contributed by atoms with van der Waals surface area (Å²) in [6, 6.07) is 16.3. The molecule has 2 aromatic carbocycles. The van der Waals surface area contributed by atoms with E-state index in [0.29, 0.717) is 34.8 Å². The average Bonchev–Trinajstić information content (AvgIpc) is 3.99. The van der Waals surface area contributed by atoms with Gasteiger partial charge in [0.1, 0.15) is 17.4 Å². The molecule has 0 saturated carbocycles. The van der Waals surface area contributed by atoms with Crippen molar-refractivity contribution in [1.82, 2.24) is 9.80 Å². The number of amides is 1. The second-order valence-corrected chi connectivity index (χ2v) is 17.6. The van der Waals surface area contributed by atoms with Crippen molar-refractivity contribution in [3.63, 3.8) is 0 Å². The van der Waals surface area contributed by atoms with Crippen LogP contribution in [-0.4, -0.2) is 59.0 Å². The monoisotopic (exact) mass is 889 g/mol. The summed E-state index contributed by atoms with van der Waals surface area (Å²) in [6.45, 7) is 33.2. The topological polar surface area (TPSA) is 70.8 Å². The van der Waals surface area contributed by atoms with Gasteiger partial charge in [-0.25, -0.2) is 8.78 Å². The summed E-state index contributed by atoms with van der Waals surface area (Å²) >= 11 is 5.54. The molecule has 1 saturated heterocycles. The zero-order chi connectivity index (χ0) is 47.7. The Labute approximate surface area is 383 Å². The van der Waals surface area contributed by atoms with Gasteiger partial charge in [0.05, 0.1) is 6.26 Å². The molecule has 1 aliphatic rings. The molecule has 354 valence electrons. The average molecular weight is 890 g/mol. The molecule has 0 aliphatic carbocycles. The predicted octanol–water partition coefficient (Wildman–Crippen LogP) is 15.5. The van der Waals surface area contributed by atoms with Crippen LogP contribution in [0.1, 0.15) is 177 Å². The van der Waals surface area contributed by atoms with Crippen molar-refractivity contribution < 1.29 is 27.6 Å². The van der Waals surface area contributed by atoms with E-state index < -0.39 is 11.6 Å². The Bertz CT molecular complexity index is 1560. The van der Waals surface area contributed by atoms with Crippen LogP contribution in [0, 0.1) is 42.2 Å². The van der Waals surface area contributed by atoms with E-state index in [1.165, 1.54) is 57.4 Å². The Morgan fingerprint density at radius 2 is 1.50 bits per heavy atom. The molecule has 3 aromatic rings. The van der Waals surface area contributed by atoms with Crippen LogP contribution in [0.2, 0.25) is 5.02 Å². The number of carbonyl (C=O) groups is 3. The van der Waals surface area contributed by atoms with Crippen LogP contribution < -0.4 is 0 Å². The Morgan fingerprint density at radius 1 is 0.855 bits per heavy atom. The van der Waals surface area contributed by atoms with E-state index >= 15 is 0 Å². The first kappa shape index (κ1) is 60.7. The summed E-state index contributed by atoms with van der Waals surface area (Å²) in [4.78, 5) is 39.4. The highest BCUT2D eigenvalue weighted by atomic mass is 35.5. The number of halogens is 3. The van der Waals surface area contributed by atoms with Gasteiger partial charge in [0.25, 0.3) is 0 Å². The van der Waals surface area contributed by atoms with Crippen LogP contribution in [0.5, 0.6) is 0 Å². The highest BCUT2D eigenvalue weighted by Crippen LogP contribution is 2.28. The van der Waals surface area contributed by atoms with E-state index in [1.807, 2.05) is 44.2 Å². The zero-order valence-corrected chi connectivity index (χ0v) is 42.2. The Morgan fingerprint density at radius 3 is 1.90 bits per heavy atom. The summed E-state index contributed by atoms with van der Waals surface area (Å²) in [5.74, 6) is 2.13. The number of rotatable bonds is 17. The van der Waals surface area contributed by atoms with Gasteiger partial charge in [-0.05, 0) is 114 Å². The van der Waals surface area contributed by atoms with Crippen LogP contribution in [-0.2, 0) is 9.59 Å². The van der Waals surface area contributed by atoms with Crippen LogP contribution in [0.25, 0.3) is 0 Å². The van der Waals surface area contributed by atoms with E-state index in [1.54, 1.807) is 19.1 Å². The molecule has 0 bridgehead atoms. The maximum atomic E-state index is 12.8. The van der Waals surface area contributed by atoms with Crippen molar-refractivity contribution in [2.75, 3.05) is 26.2 Å². The number of benzene rings is 2. The fourth-order valence-corrected chi connectivity index (χ4v) is 7.02. The highest BCUT2D eigenvalue weighted by Gasteiger charge is 2.33. The minimum Gasteiger partial charge on any atom is -0.461 e. The fraction of sp³-hybridized carbons (Fsp3) is 0.642. The third-order valence-corrected chi connectivity index (χ3v) is 11.2. The number of unbranched alkanes of at least 4 members (excludes halogenated alkanes) is 3. The van der Waals surface area contributed by atoms with Crippen LogP contribution >= 0.6 is 11.6 Å². The van der Waals surface area contributed by atoms with Crippen molar-refractivity contribution in [3.05, 3.63) is 94.9 Å². The van der Waals surface area contributed by atoms with Gasteiger partial charge in [-0.3, -0.25) is 19.3 Å². The molecule has 6 nitrogen and oxygen atoms in total. The molecule has 0 spiro atoms. The van der Waals surface area contributed by atoms with Gasteiger partial charge < -0.3 is 9.32 Å². The van der Waals surface area contributed by atoms with E-state index in [-0.39, 0.29) is 17.2 Å². The molecule has 1 amide bonds. The molecule has 0 radical (unpaired) electrons. The van der Waals surface area contributed by atoms with E-state index in [9.17, 15) is 23.2 Å². The first-order chi connectivity index (χ1) is 29.4. The molecular formula is C53H87ClF2N2O4. The molecule has 4 unspecified atom stereocenters. The summed E-state index contributed by atoms with van der Waals surface area (Å²) in [5, 5.41) is 0.794. The second kappa shape index (κ2) is 36.0. The van der Waals surface area contributed by atoms with E-state index in [4.69, 9.17) is 16.0 Å². The second-order valence-electron chi connectivity index (χ2n) is 17.1. The molecule has 4 rings (SSSR count). The summed E-state index contributed by atoms with van der Waals surface area (Å²) in [6.07, 6.45) is 13.8. The third-order valence-electron chi connectivity index (χ3n) is 11.0. The van der Waals surface area contributed by atoms with Crippen LogP contribution in [0.4, 0.5) is 8.78 Å². The number of hydrogen-bond donors (Lipinski definition) is 0. The van der Waals surface area contributed by atoms with Gasteiger partial charge in [-0.2, -0.15) is 0 Å². The summed E-state index contributed by atoms with van der Waals surface area (Å²) in [5.41, 5.74) is 0.692. The standard InChI is InChI=1S/C20H41NO.C12H23NO.C7H6F2.C6H5Cl.C6H6O2.C2H6/c1-7-11-12-13-15-21(14-8-2)20(22)18(6)16-19(10-4)17(5)9-3;1-5-6-11(14)10-7-8-13(9-10)12(2,3)4;1-5-2-3-6(8)4-7(5)9;7-6-4-2-1-3-5-6;1-5(7)6-3-2-4-8-6;1-2/h17-19H,7-16H2,1-6H3;10H,5-9H2,1-4H3;2-4H,1H3;1-5H;2-4H,1H3;1-2H3. The summed E-state index contributed by atoms with van der Waals surface area (Å²) in [7, 11) is 0. The van der Waals surface area contributed by atoms with E-state index in [2.05, 4.69) is 79.0 Å². The number of ketones is 2. The molecule has 1 aliphatic heterocycles. The maximum absolute atomic E-state index is 12.8. The molecule has 4 atom stereocenters. The molecule has 1 aromatic heterocycles. The number of furan rings is 1. The summed E-state index contributed by atoms with van der Waals surface area (Å²) < 4.78 is 29.2. The minimum absolute atomic E-state index is 0.0324. The van der Waals surface area contributed by atoms with Gasteiger partial charge in [0.2, 0.25) is 5.91 Å². The van der Waals surface area contributed by atoms with Crippen molar-refractivity contribution in [2.24, 2.45) is 23.7 Å². The lowest BCUT2D eigenvalue weighted by Gasteiger charge is -2.31.